The first-order valence-corrected chi connectivity index (χ1v) is 16.5. The number of hydrogen-bond donors (Lipinski definition) is 0. The van der Waals surface area contributed by atoms with Crippen LogP contribution in [0, 0.1) is 11.2 Å². The second kappa shape index (κ2) is 17.8. The van der Waals surface area contributed by atoms with Crippen molar-refractivity contribution in [3.05, 3.63) is 83.7 Å². The number of benzene rings is 3. The highest BCUT2D eigenvalue weighted by atomic mass is 19.1. The van der Waals surface area contributed by atoms with Gasteiger partial charge in [-0.15, -0.1) is 0 Å². The van der Waals surface area contributed by atoms with Crippen LogP contribution in [0.15, 0.2) is 66.7 Å². The molecule has 248 valence electrons. The Balaban J connectivity index is 1.18. The van der Waals surface area contributed by atoms with Crippen molar-refractivity contribution in [3.63, 3.8) is 0 Å². The van der Waals surface area contributed by atoms with E-state index in [0.29, 0.717) is 6.61 Å². The predicted molar refractivity (Wildman–Crippen MR) is 176 cm³/mol. The van der Waals surface area contributed by atoms with Gasteiger partial charge in [-0.25, -0.2) is 14.0 Å². The van der Waals surface area contributed by atoms with E-state index >= 15 is 0 Å². The molecule has 1 heterocycles. The fourth-order valence-corrected chi connectivity index (χ4v) is 5.24. The summed E-state index contributed by atoms with van der Waals surface area (Å²) in [6.45, 7) is 10.1. The Bertz CT molecular complexity index is 1380. The van der Waals surface area contributed by atoms with Gasteiger partial charge in [-0.3, -0.25) is 0 Å². The molecule has 7 nitrogen and oxygen atoms in total. The normalized spacial score (nSPS) is 13.7. The third-order valence-electron chi connectivity index (χ3n) is 7.98. The van der Waals surface area contributed by atoms with Crippen molar-refractivity contribution in [3.8, 4) is 22.6 Å². The molecule has 1 aliphatic rings. The monoisotopic (exact) mass is 634 g/mol. The van der Waals surface area contributed by atoms with Crippen molar-refractivity contribution in [2.24, 2.45) is 5.41 Å². The van der Waals surface area contributed by atoms with Gasteiger partial charge in [-0.05, 0) is 85.7 Å². The Morgan fingerprint density at radius 3 is 2.00 bits per heavy atom. The lowest BCUT2D eigenvalue weighted by molar-refractivity contribution is -0.137. The van der Waals surface area contributed by atoms with Crippen molar-refractivity contribution in [1.29, 1.82) is 0 Å². The quantitative estimate of drug-likeness (QED) is 0.0740. The maximum absolute atomic E-state index is 14.8. The number of carbonyl (C=O) groups is 2. The minimum atomic E-state index is -0.806. The molecule has 4 rings (SSSR count). The van der Waals surface area contributed by atoms with Crippen molar-refractivity contribution >= 4 is 11.9 Å². The number of ether oxygens (including phenoxy) is 5. The number of carbonyl (C=O) groups excluding carboxylic acids is 2. The molecule has 0 aliphatic carbocycles. The van der Waals surface area contributed by atoms with Crippen LogP contribution < -0.4 is 9.47 Å². The summed E-state index contributed by atoms with van der Waals surface area (Å²) in [6.07, 6.45) is 7.35. The van der Waals surface area contributed by atoms with Crippen LogP contribution in [0.4, 0.5) is 4.39 Å². The average Bonchev–Trinajstić information content (AvgIpc) is 3.04. The molecule has 3 aromatic carbocycles. The summed E-state index contributed by atoms with van der Waals surface area (Å²) in [5.41, 5.74) is 2.47. The highest BCUT2D eigenvalue weighted by Gasteiger charge is 2.33. The van der Waals surface area contributed by atoms with Gasteiger partial charge in [-0.1, -0.05) is 64.3 Å². The summed E-state index contributed by atoms with van der Waals surface area (Å²) in [6, 6.07) is 18.5. The fraction of sp³-hybridized carbons (Fsp3) is 0.474. The number of unbranched alkanes of at least 4 members (excludes halogenated alkanes) is 3. The summed E-state index contributed by atoms with van der Waals surface area (Å²) >= 11 is 0. The van der Waals surface area contributed by atoms with Crippen LogP contribution in [-0.4, -0.2) is 51.1 Å². The third kappa shape index (κ3) is 10.7. The smallest absolute Gasteiger partial charge is 0.343 e. The molecular weight excluding hydrogens is 587 g/mol. The van der Waals surface area contributed by atoms with E-state index in [-0.39, 0.29) is 28.4 Å². The van der Waals surface area contributed by atoms with E-state index in [2.05, 4.69) is 6.92 Å². The first kappa shape index (κ1) is 35.1. The average molecular weight is 635 g/mol. The van der Waals surface area contributed by atoms with Gasteiger partial charge in [-0.2, -0.15) is 0 Å². The molecule has 1 saturated heterocycles. The van der Waals surface area contributed by atoms with E-state index in [9.17, 15) is 14.0 Å². The van der Waals surface area contributed by atoms with Crippen LogP contribution in [0.3, 0.4) is 0 Å². The van der Waals surface area contributed by atoms with Crippen molar-refractivity contribution in [2.45, 2.75) is 78.2 Å². The molecule has 0 saturated carbocycles. The van der Waals surface area contributed by atoms with E-state index < -0.39 is 17.8 Å². The molecule has 3 aromatic rings. The van der Waals surface area contributed by atoms with Gasteiger partial charge >= 0.3 is 11.9 Å². The number of hydrogen-bond acceptors (Lipinski definition) is 7. The molecule has 0 atom stereocenters. The highest BCUT2D eigenvalue weighted by molar-refractivity contribution is 5.92. The lowest BCUT2D eigenvalue weighted by Gasteiger charge is -2.37. The van der Waals surface area contributed by atoms with Gasteiger partial charge in [0.2, 0.25) is 0 Å². The number of rotatable bonds is 19. The van der Waals surface area contributed by atoms with E-state index in [4.69, 9.17) is 23.7 Å². The van der Waals surface area contributed by atoms with E-state index in [1.165, 1.54) is 12.1 Å². The molecule has 0 spiro atoms. The lowest BCUT2D eigenvalue weighted by Crippen LogP contribution is -2.43. The minimum Gasteiger partial charge on any atom is -0.494 e. The molecule has 0 unspecified atom stereocenters. The Morgan fingerprint density at radius 2 is 1.41 bits per heavy atom. The SMILES string of the molecule is CCCC(CCC)OC(=O)c1ccc(OC(=O)c2ccc(-c3ccc(OCCCCCCOCC4(C)COC4)cc3)cc2)c(F)c1. The van der Waals surface area contributed by atoms with Crippen LogP contribution in [0.2, 0.25) is 0 Å². The Labute approximate surface area is 272 Å². The van der Waals surface area contributed by atoms with Crippen LogP contribution in [0.5, 0.6) is 11.5 Å². The Kier molecular flexibility index (Phi) is 13.6. The second-order valence-electron chi connectivity index (χ2n) is 12.4. The molecule has 0 bridgehead atoms. The van der Waals surface area contributed by atoms with Crippen LogP contribution in [0.1, 0.15) is 92.9 Å². The number of halogens is 1. The molecule has 0 N–H and O–H groups in total. The molecular formula is C38H47FO7. The lowest BCUT2D eigenvalue weighted by atomic mass is 9.90. The molecule has 8 heteroatoms. The Morgan fingerprint density at radius 1 is 0.804 bits per heavy atom. The third-order valence-corrected chi connectivity index (χ3v) is 7.98. The maximum Gasteiger partial charge on any atom is 0.343 e. The van der Waals surface area contributed by atoms with Crippen LogP contribution in [0.25, 0.3) is 11.1 Å². The Hall–Kier alpha value is -3.75. The van der Waals surface area contributed by atoms with Gasteiger partial charge in [0.25, 0.3) is 0 Å². The zero-order valence-corrected chi connectivity index (χ0v) is 27.4. The van der Waals surface area contributed by atoms with Crippen molar-refractivity contribution < 1.29 is 37.7 Å². The van der Waals surface area contributed by atoms with Gasteiger partial charge in [0.15, 0.2) is 11.6 Å². The van der Waals surface area contributed by atoms with Crippen LogP contribution in [-0.2, 0) is 14.2 Å². The fourth-order valence-electron chi connectivity index (χ4n) is 5.24. The first-order valence-electron chi connectivity index (χ1n) is 16.5. The summed E-state index contributed by atoms with van der Waals surface area (Å²) in [5, 5.41) is 0. The molecule has 1 fully saturated rings. The summed E-state index contributed by atoms with van der Waals surface area (Å²) in [4.78, 5) is 25.2. The second-order valence-corrected chi connectivity index (χ2v) is 12.4. The molecule has 0 amide bonds. The van der Waals surface area contributed by atoms with Gasteiger partial charge in [0.1, 0.15) is 11.9 Å². The first-order chi connectivity index (χ1) is 22.3. The molecule has 1 aliphatic heterocycles. The molecule has 46 heavy (non-hydrogen) atoms. The standard InChI is InChI=1S/C38H47FO7/c1-4-10-33(11-5-2)45-37(41)31-18-21-35(34(39)24-31)46-36(40)30-14-12-28(13-15-30)29-16-19-32(20-17-29)44-23-9-7-6-8-22-42-25-38(3)26-43-27-38/h12-21,24,33H,4-11,22-23,25-27H2,1-3H3. The van der Waals surface area contributed by atoms with Gasteiger partial charge in [0, 0.05) is 12.0 Å². The van der Waals surface area contributed by atoms with Gasteiger partial charge in [0.05, 0.1) is 37.6 Å². The maximum atomic E-state index is 14.8. The van der Waals surface area contributed by atoms with E-state index in [1.54, 1.807) is 12.1 Å². The largest absolute Gasteiger partial charge is 0.494 e. The van der Waals surface area contributed by atoms with Gasteiger partial charge < -0.3 is 23.7 Å². The highest BCUT2D eigenvalue weighted by Crippen LogP contribution is 2.27. The van der Waals surface area contributed by atoms with Crippen LogP contribution >= 0.6 is 0 Å². The van der Waals surface area contributed by atoms with Crippen molar-refractivity contribution in [2.75, 3.05) is 33.0 Å². The summed E-state index contributed by atoms with van der Waals surface area (Å²) in [5.74, 6) is -1.53. The minimum absolute atomic E-state index is 0.0806. The van der Waals surface area contributed by atoms with E-state index in [1.807, 2.05) is 50.2 Å². The summed E-state index contributed by atoms with van der Waals surface area (Å²) < 4.78 is 42.5. The molecule has 0 aromatic heterocycles. The molecule has 0 radical (unpaired) electrons. The zero-order valence-electron chi connectivity index (χ0n) is 27.4. The topological polar surface area (TPSA) is 80.3 Å². The number of esters is 2. The van der Waals surface area contributed by atoms with Crippen molar-refractivity contribution in [1.82, 2.24) is 0 Å². The predicted octanol–water partition coefficient (Wildman–Crippen LogP) is 8.83. The zero-order chi connectivity index (χ0) is 32.8. The summed E-state index contributed by atoms with van der Waals surface area (Å²) in [7, 11) is 0. The van der Waals surface area contributed by atoms with E-state index in [0.717, 1.165) is 101 Å².